The molecule has 0 amide bonds. The van der Waals surface area contributed by atoms with Crippen LogP contribution in [0, 0.1) is 12.3 Å². The van der Waals surface area contributed by atoms with E-state index in [9.17, 15) is 8.42 Å². The van der Waals surface area contributed by atoms with Crippen LogP contribution in [-0.2, 0) is 10.1 Å². The van der Waals surface area contributed by atoms with Gasteiger partial charge in [0.05, 0.1) is 0 Å². The van der Waals surface area contributed by atoms with Crippen molar-refractivity contribution in [3.63, 3.8) is 0 Å². The van der Waals surface area contributed by atoms with Crippen molar-refractivity contribution in [3.05, 3.63) is 0 Å². The van der Waals surface area contributed by atoms with Gasteiger partial charge in [-0.25, -0.2) is 0 Å². The first kappa shape index (κ1) is 11.8. The van der Waals surface area contributed by atoms with Crippen molar-refractivity contribution < 1.29 is 13.0 Å². The van der Waals surface area contributed by atoms with Crippen LogP contribution in [0.2, 0.25) is 0 Å². The molecule has 0 bridgehead atoms. The molecule has 8 heavy (non-hydrogen) atoms. The first-order valence-corrected chi connectivity index (χ1v) is 3.06. The first-order valence-electron chi connectivity index (χ1n) is 1.45. The van der Waals surface area contributed by atoms with E-state index in [0.29, 0.717) is 0 Å². The summed E-state index contributed by atoms with van der Waals surface area (Å²) in [5.41, 5.74) is 0. The van der Waals surface area contributed by atoms with Gasteiger partial charge in [-0.2, -0.15) is 8.42 Å². The van der Waals surface area contributed by atoms with E-state index in [0.717, 1.165) is 0 Å². The molecule has 0 aliphatic carbocycles. The second-order valence-electron chi connectivity index (χ2n) is 0.930. The van der Waals surface area contributed by atoms with Crippen molar-refractivity contribution in [2.75, 3.05) is 5.75 Å². The number of hydrogen-bond donors (Lipinski definition) is 1. The van der Waals surface area contributed by atoms with E-state index in [4.69, 9.17) is 4.55 Å². The van der Waals surface area contributed by atoms with Gasteiger partial charge in [-0.3, -0.25) is 4.55 Å². The molecule has 0 fully saturated rings. The third kappa shape index (κ3) is 10.2. The topological polar surface area (TPSA) is 54.4 Å². The summed E-state index contributed by atoms with van der Waals surface area (Å²) in [4.78, 5) is 0. The summed E-state index contributed by atoms with van der Waals surface area (Å²) in [6.07, 6.45) is 4.53. The van der Waals surface area contributed by atoms with E-state index in [2.05, 4.69) is 6.42 Å². The first-order chi connectivity index (χ1) is 3.06. The Balaban J connectivity index is 0. The second-order valence-corrected chi connectivity index (χ2v) is 2.38. The van der Waals surface area contributed by atoms with Crippen LogP contribution >= 0.6 is 0 Å². The summed E-state index contributed by atoms with van der Waals surface area (Å²) in [6, 6.07) is 0. The van der Waals surface area contributed by atoms with Crippen molar-refractivity contribution in [3.8, 4) is 12.3 Å². The van der Waals surface area contributed by atoms with Gasteiger partial charge in [-0.15, -0.1) is 6.42 Å². The molecule has 0 aromatic rings. The molecule has 0 saturated carbocycles. The molecule has 0 unspecified atom stereocenters. The molecule has 42 valence electrons. The van der Waals surface area contributed by atoms with Crippen LogP contribution in [0.3, 0.4) is 0 Å². The number of hydrogen-bond acceptors (Lipinski definition) is 2. The van der Waals surface area contributed by atoms with Crippen molar-refractivity contribution in [2.45, 2.75) is 0 Å². The molecule has 1 N–H and O–H groups in total. The number of terminal acetylenes is 1. The third-order valence-corrected chi connectivity index (χ3v) is 0.797. The van der Waals surface area contributed by atoms with Crippen molar-refractivity contribution in [2.24, 2.45) is 0 Å². The number of rotatable bonds is 1. The molecule has 0 heterocycles. The second kappa shape index (κ2) is 4.94. The van der Waals surface area contributed by atoms with Crippen LogP contribution in [0.1, 0.15) is 0 Å². The van der Waals surface area contributed by atoms with Crippen LogP contribution < -0.4 is 0 Å². The van der Waals surface area contributed by atoms with Gasteiger partial charge in [0, 0.05) is 0 Å². The molecule has 0 aliphatic rings. The zero-order valence-electron chi connectivity index (χ0n) is 3.46. The van der Waals surface area contributed by atoms with E-state index >= 15 is 0 Å². The van der Waals surface area contributed by atoms with Crippen molar-refractivity contribution in [1.82, 2.24) is 0 Å². The predicted octanol–water partition coefficient (Wildman–Crippen LogP) is -1.14. The molecule has 0 aromatic carbocycles. The molecule has 0 atom stereocenters. The quantitative estimate of drug-likeness (QED) is 0.300. The fraction of sp³-hybridized carbons (Fsp3) is 0.333. The molecule has 0 spiro atoms. The van der Waals surface area contributed by atoms with Crippen LogP contribution in [-0.4, -0.2) is 70.1 Å². The monoisotopic (exact) mass is 160 g/mol. The van der Waals surface area contributed by atoms with E-state index in [-0.39, 0.29) is 51.4 Å². The fourth-order valence-electron chi connectivity index (χ4n) is 0.105. The predicted molar refractivity (Wildman–Crippen MR) is 32.4 cm³/mol. The van der Waals surface area contributed by atoms with Gasteiger partial charge in [-0.05, 0) is 0 Å². The zero-order valence-corrected chi connectivity index (χ0v) is 4.27. The van der Waals surface area contributed by atoms with Crippen LogP contribution in [0.25, 0.3) is 0 Å². The molecule has 5 heteroatoms. The Hall–Kier alpha value is 1.11. The molecule has 3 nitrogen and oxygen atoms in total. The minimum atomic E-state index is -3.91. The summed E-state index contributed by atoms with van der Waals surface area (Å²) in [7, 11) is -3.91. The van der Waals surface area contributed by atoms with Gasteiger partial charge < -0.3 is 0 Å². The zero-order chi connectivity index (χ0) is 5.91. The van der Waals surface area contributed by atoms with E-state index in [1.54, 1.807) is 5.92 Å². The summed E-state index contributed by atoms with van der Waals surface area (Å²) < 4.78 is 27.1. The molecule has 0 aromatic heterocycles. The minimum absolute atomic E-state index is 0. The average Bonchev–Trinajstić information content (AvgIpc) is 1.30. The van der Waals surface area contributed by atoms with E-state index < -0.39 is 15.9 Å². The fourth-order valence-corrected chi connectivity index (χ4v) is 0.316. The van der Waals surface area contributed by atoms with Gasteiger partial charge in [0.2, 0.25) is 0 Å². The van der Waals surface area contributed by atoms with Crippen molar-refractivity contribution >= 4 is 61.5 Å². The summed E-state index contributed by atoms with van der Waals surface area (Å²) in [5, 5.41) is 0. The molecule has 0 radical (unpaired) electrons. The van der Waals surface area contributed by atoms with Gasteiger partial charge in [0.25, 0.3) is 10.1 Å². The normalized spacial score (nSPS) is 9.00. The molecular weight excluding hydrogens is 155 g/mol. The Kier molecular flexibility index (Phi) is 7.31. The Morgan fingerprint density at radius 1 is 1.62 bits per heavy atom. The SMILES string of the molecule is C#CCS(=O)(=O)O.[KH]. The maximum atomic E-state index is 9.64. The maximum absolute atomic E-state index is 9.64. The van der Waals surface area contributed by atoms with Gasteiger partial charge in [0.1, 0.15) is 5.75 Å². The van der Waals surface area contributed by atoms with Crippen LogP contribution in [0.15, 0.2) is 0 Å². The van der Waals surface area contributed by atoms with E-state index in [1.165, 1.54) is 0 Å². The van der Waals surface area contributed by atoms with Crippen LogP contribution in [0.4, 0.5) is 0 Å². The molecule has 0 saturated heterocycles. The Morgan fingerprint density at radius 2 is 2.00 bits per heavy atom. The average molecular weight is 160 g/mol. The van der Waals surface area contributed by atoms with Gasteiger partial charge in [0.15, 0.2) is 0 Å². The summed E-state index contributed by atoms with van der Waals surface area (Å²) in [5.74, 6) is 1.17. The molecule has 0 rings (SSSR count). The van der Waals surface area contributed by atoms with Crippen molar-refractivity contribution in [1.29, 1.82) is 0 Å². The summed E-state index contributed by atoms with van der Waals surface area (Å²) in [6.45, 7) is 0. The van der Waals surface area contributed by atoms with Crippen LogP contribution in [0.5, 0.6) is 0 Å². The van der Waals surface area contributed by atoms with Gasteiger partial charge >= 0.3 is 51.4 Å². The van der Waals surface area contributed by atoms with E-state index in [1.807, 2.05) is 0 Å². The molecule has 0 aliphatic heterocycles. The summed E-state index contributed by atoms with van der Waals surface area (Å²) >= 11 is 0. The Labute approximate surface area is 91.0 Å². The Morgan fingerprint density at radius 3 is 2.00 bits per heavy atom. The standard InChI is InChI=1S/C3H4O3S.K.H/c1-2-3-7(4,5)6;;/h1H,3H2,(H,4,5,6);;. The third-order valence-electron chi connectivity index (χ3n) is 0.266. The molecular formula is C3H5KO3S. The Bertz CT molecular complexity index is 175. The van der Waals surface area contributed by atoms with Gasteiger partial charge in [-0.1, -0.05) is 5.92 Å².